The van der Waals surface area contributed by atoms with Gasteiger partial charge in [-0.2, -0.15) is 4.98 Å². The van der Waals surface area contributed by atoms with Crippen LogP contribution in [-0.2, 0) is 23.9 Å². The third-order valence-corrected chi connectivity index (χ3v) is 7.10. The summed E-state index contributed by atoms with van der Waals surface area (Å²) in [6.07, 6.45) is 2.28. The Morgan fingerprint density at radius 2 is 2.05 bits per heavy atom. The minimum Gasteiger partial charge on any atom is -0.438 e. The van der Waals surface area contributed by atoms with Crippen molar-refractivity contribution in [3.05, 3.63) is 34.9 Å². The van der Waals surface area contributed by atoms with Crippen LogP contribution in [0.2, 0.25) is 0 Å². The van der Waals surface area contributed by atoms with Crippen LogP contribution < -0.4 is 26.6 Å². The topological polar surface area (TPSA) is 169 Å². The summed E-state index contributed by atoms with van der Waals surface area (Å²) in [5.74, 6) is -1.22. The Bertz CT molecular complexity index is 1270. The van der Waals surface area contributed by atoms with E-state index in [0.29, 0.717) is 47.1 Å². The molecule has 13 heteroatoms. The van der Waals surface area contributed by atoms with E-state index < -0.39 is 28.9 Å². The number of fused-ring (bicyclic) bond motifs is 1. The smallest absolute Gasteiger partial charge is 0.308 e. The zero-order valence-electron chi connectivity index (χ0n) is 20.6. The number of ether oxygens (including phenoxy) is 1. The standard InChI is InChI=1S/C24H28BrN7O5/c1-23(2,20(26)35)21(36)28-9-5-8-27-18-16(25)12-29-22(31-18)30-13-6-4-7-14(10-13)32-19(34)15-11-17(33)37-24(15,32)3/h4,6-7,10,12,15H,5,8-9,11H2,1-3H3,(H2,26,35)(H,28,36)(H2,27,29,30,31). The lowest BCUT2D eigenvalue weighted by atomic mass is 9.83. The number of anilines is 4. The van der Waals surface area contributed by atoms with Crippen LogP contribution in [0.15, 0.2) is 34.9 Å². The van der Waals surface area contributed by atoms with E-state index in [0.717, 1.165) is 0 Å². The molecule has 0 spiro atoms. The van der Waals surface area contributed by atoms with Crippen LogP contribution >= 0.6 is 15.9 Å². The number of amides is 3. The van der Waals surface area contributed by atoms with E-state index in [-0.39, 0.29) is 18.3 Å². The second-order valence-electron chi connectivity index (χ2n) is 9.55. The molecule has 1 aromatic carbocycles. The van der Waals surface area contributed by atoms with Gasteiger partial charge < -0.3 is 26.4 Å². The largest absolute Gasteiger partial charge is 0.438 e. The van der Waals surface area contributed by atoms with E-state index in [1.807, 2.05) is 6.07 Å². The van der Waals surface area contributed by atoms with Gasteiger partial charge in [0.05, 0.1) is 10.9 Å². The lowest BCUT2D eigenvalue weighted by Gasteiger charge is -2.49. The number of carbonyl (C=O) groups excluding carboxylic acids is 4. The number of benzene rings is 1. The van der Waals surface area contributed by atoms with Crippen molar-refractivity contribution in [2.24, 2.45) is 17.1 Å². The van der Waals surface area contributed by atoms with E-state index >= 15 is 0 Å². The Kier molecular flexibility index (Phi) is 7.09. The molecule has 12 nitrogen and oxygen atoms in total. The first-order chi connectivity index (χ1) is 17.4. The molecule has 196 valence electrons. The van der Waals surface area contributed by atoms with Gasteiger partial charge in [-0.3, -0.25) is 24.1 Å². The van der Waals surface area contributed by atoms with Gasteiger partial charge in [0.1, 0.15) is 17.2 Å². The summed E-state index contributed by atoms with van der Waals surface area (Å²) in [4.78, 5) is 58.1. The van der Waals surface area contributed by atoms with Crippen molar-refractivity contribution >= 4 is 62.8 Å². The highest BCUT2D eigenvalue weighted by Crippen LogP contribution is 2.48. The van der Waals surface area contributed by atoms with Gasteiger partial charge in [-0.05, 0) is 61.3 Å². The summed E-state index contributed by atoms with van der Waals surface area (Å²) in [5, 5.41) is 9.01. The Balaban J connectivity index is 1.35. The lowest BCUT2D eigenvalue weighted by molar-refractivity contribution is -0.159. The minimum absolute atomic E-state index is 0.101. The molecule has 2 aliphatic rings. The molecule has 2 unspecified atom stereocenters. The number of primary amides is 1. The molecule has 5 N–H and O–H groups in total. The minimum atomic E-state index is -1.27. The van der Waals surface area contributed by atoms with Crippen molar-refractivity contribution < 1.29 is 23.9 Å². The van der Waals surface area contributed by atoms with Gasteiger partial charge >= 0.3 is 5.97 Å². The van der Waals surface area contributed by atoms with Crippen LogP contribution in [0, 0.1) is 11.3 Å². The second-order valence-corrected chi connectivity index (χ2v) is 10.4. The van der Waals surface area contributed by atoms with Gasteiger partial charge in [0.2, 0.25) is 29.4 Å². The molecule has 2 aliphatic heterocycles. The normalized spacial score (nSPS) is 20.5. The summed E-state index contributed by atoms with van der Waals surface area (Å²) in [7, 11) is 0. The summed E-state index contributed by atoms with van der Waals surface area (Å²) in [5.41, 5.74) is 4.27. The Morgan fingerprint density at radius 1 is 1.30 bits per heavy atom. The average molecular weight is 574 g/mol. The highest BCUT2D eigenvalue weighted by molar-refractivity contribution is 9.10. The third kappa shape index (κ3) is 5.08. The molecule has 0 aliphatic carbocycles. The van der Waals surface area contributed by atoms with E-state index in [4.69, 9.17) is 10.5 Å². The monoisotopic (exact) mass is 573 g/mol. The fourth-order valence-electron chi connectivity index (χ4n) is 4.14. The number of esters is 1. The molecule has 37 heavy (non-hydrogen) atoms. The molecular weight excluding hydrogens is 546 g/mol. The van der Waals surface area contributed by atoms with Gasteiger partial charge in [-0.25, -0.2) is 4.98 Å². The van der Waals surface area contributed by atoms with E-state index in [1.54, 1.807) is 31.3 Å². The molecule has 2 saturated heterocycles. The summed E-state index contributed by atoms with van der Waals surface area (Å²) < 4.78 is 6.08. The third-order valence-electron chi connectivity index (χ3n) is 6.52. The van der Waals surface area contributed by atoms with Crippen LogP contribution in [-0.4, -0.2) is 52.5 Å². The number of nitrogens with two attached hydrogens (primary N) is 1. The average Bonchev–Trinajstić information content (AvgIpc) is 3.10. The summed E-state index contributed by atoms with van der Waals surface area (Å²) in [6, 6.07) is 7.13. The molecule has 4 rings (SSSR count). The molecule has 2 aromatic rings. The van der Waals surface area contributed by atoms with Gasteiger partial charge in [0.25, 0.3) is 0 Å². The first-order valence-electron chi connectivity index (χ1n) is 11.7. The number of rotatable bonds is 10. The number of hydrogen-bond donors (Lipinski definition) is 4. The maximum Gasteiger partial charge on any atom is 0.308 e. The molecular formula is C24H28BrN7O5. The predicted octanol–water partition coefficient (Wildman–Crippen LogP) is 2.04. The van der Waals surface area contributed by atoms with Crippen LogP contribution in [0.3, 0.4) is 0 Å². The van der Waals surface area contributed by atoms with Crippen LogP contribution in [0.1, 0.15) is 33.6 Å². The number of halogens is 1. The molecule has 3 heterocycles. The maximum atomic E-state index is 12.6. The first-order valence-corrected chi connectivity index (χ1v) is 12.5. The summed E-state index contributed by atoms with van der Waals surface area (Å²) >= 11 is 3.42. The number of nitrogens with zero attached hydrogens (tertiary/aromatic N) is 3. The number of aromatic nitrogens is 2. The van der Waals surface area contributed by atoms with Crippen molar-refractivity contribution in [3.63, 3.8) is 0 Å². The summed E-state index contributed by atoms with van der Waals surface area (Å²) in [6.45, 7) is 5.55. The molecule has 2 atom stereocenters. The van der Waals surface area contributed by atoms with Crippen molar-refractivity contribution in [1.29, 1.82) is 0 Å². The van der Waals surface area contributed by atoms with Gasteiger partial charge in [-0.1, -0.05) is 6.07 Å². The quantitative estimate of drug-likeness (QED) is 0.144. The zero-order chi connectivity index (χ0) is 27.0. The van der Waals surface area contributed by atoms with Gasteiger partial charge in [0.15, 0.2) is 0 Å². The second kappa shape index (κ2) is 9.96. The van der Waals surface area contributed by atoms with Crippen LogP contribution in [0.4, 0.5) is 23.1 Å². The van der Waals surface area contributed by atoms with E-state index in [9.17, 15) is 19.2 Å². The highest BCUT2D eigenvalue weighted by atomic mass is 79.9. The zero-order valence-corrected chi connectivity index (χ0v) is 22.2. The SMILES string of the molecule is CC(C)(C(N)=O)C(=O)NCCCNc1nc(Nc2cccc(N3C(=O)C4CC(=O)OC43C)c2)ncc1Br. The van der Waals surface area contributed by atoms with Crippen molar-refractivity contribution in [2.75, 3.05) is 28.6 Å². The van der Waals surface area contributed by atoms with Gasteiger partial charge in [-0.15, -0.1) is 0 Å². The van der Waals surface area contributed by atoms with Crippen LogP contribution in [0.25, 0.3) is 0 Å². The van der Waals surface area contributed by atoms with Gasteiger partial charge in [0, 0.05) is 30.7 Å². The highest BCUT2D eigenvalue weighted by Gasteiger charge is 2.65. The number of hydrogen-bond acceptors (Lipinski definition) is 9. The Morgan fingerprint density at radius 3 is 2.78 bits per heavy atom. The molecule has 1 aromatic heterocycles. The molecule has 3 amide bonds. The van der Waals surface area contributed by atoms with Crippen LogP contribution in [0.5, 0.6) is 0 Å². The number of β-lactam (4-membered cyclic amide) rings is 1. The predicted molar refractivity (Wildman–Crippen MR) is 139 cm³/mol. The first kappa shape index (κ1) is 26.3. The van der Waals surface area contributed by atoms with Crippen molar-refractivity contribution in [1.82, 2.24) is 15.3 Å². The molecule has 0 saturated carbocycles. The lowest BCUT2D eigenvalue weighted by Crippen LogP contribution is -2.68. The van der Waals surface area contributed by atoms with E-state index in [2.05, 4.69) is 41.8 Å². The Hall–Kier alpha value is -3.74. The van der Waals surface area contributed by atoms with Crippen molar-refractivity contribution in [2.45, 2.75) is 39.3 Å². The molecule has 0 radical (unpaired) electrons. The fourth-order valence-corrected chi connectivity index (χ4v) is 4.47. The Labute approximate surface area is 221 Å². The maximum absolute atomic E-state index is 12.6. The van der Waals surface area contributed by atoms with E-state index in [1.165, 1.54) is 18.7 Å². The number of carbonyl (C=O) groups is 4. The fraction of sp³-hybridized carbons (Fsp3) is 0.417. The van der Waals surface area contributed by atoms with Crippen molar-refractivity contribution in [3.8, 4) is 0 Å². The molecule has 0 bridgehead atoms. The molecule has 2 fully saturated rings. The number of nitrogens with one attached hydrogen (secondary N) is 3.